The summed E-state index contributed by atoms with van der Waals surface area (Å²) in [7, 11) is -9.96. The summed E-state index contributed by atoms with van der Waals surface area (Å²) in [5.74, 6) is -6.13. The highest BCUT2D eigenvalue weighted by atomic mass is 32.2. The summed E-state index contributed by atoms with van der Waals surface area (Å²) in [5, 5.41) is 19.2. The second-order valence-corrected chi connectivity index (χ2v) is 13.0. The van der Waals surface area contributed by atoms with Crippen molar-refractivity contribution in [3.63, 3.8) is 0 Å². The molecule has 0 spiro atoms. The summed E-state index contributed by atoms with van der Waals surface area (Å²) < 4.78 is 74.4. The Bertz CT molecular complexity index is 2460. The first-order valence-electron chi connectivity index (χ1n) is 13.2. The summed E-state index contributed by atoms with van der Waals surface area (Å²) >= 11 is 0. The molecule has 0 aliphatic heterocycles. The summed E-state index contributed by atoms with van der Waals surface area (Å²) in [6.07, 6.45) is 0. The minimum atomic E-state index is -4.98. The predicted molar refractivity (Wildman–Crippen MR) is 166 cm³/mol. The lowest BCUT2D eigenvalue weighted by Gasteiger charge is -2.16. The smallest absolute Gasteiger partial charge is 0.346 e. The summed E-state index contributed by atoms with van der Waals surface area (Å²) in [4.78, 5) is 50.5. The first-order chi connectivity index (χ1) is 22.1. The zero-order valence-electron chi connectivity index (χ0n) is 23.4. The van der Waals surface area contributed by atoms with Crippen LogP contribution < -0.4 is 0 Å². The molecule has 4 N–H and O–H groups in total. The summed E-state index contributed by atoms with van der Waals surface area (Å²) in [5.41, 5.74) is -2.31. The minimum Gasteiger partial charge on any atom is -0.478 e. The lowest BCUT2D eigenvalue weighted by Crippen LogP contribution is -2.16. The van der Waals surface area contributed by atoms with Crippen LogP contribution >= 0.6 is 0 Å². The van der Waals surface area contributed by atoms with Crippen LogP contribution in [0.4, 0.5) is 0 Å². The topological polar surface area (TPSA) is 227 Å². The molecule has 0 saturated carbocycles. The Morgan fingerprint density at radius 3 is 1.19 bits per heavy atom. The standard InChI is InChI=1S/C32H18O13S2/c33-29(34)21-13-15-5-1-3-7-17(15)27-23(46(39,40)41)11-9-19(25(21)27)31(37)45-32(38)20-10-12-24(47(42,43)44)28-18-8-4-2-6-16(18)14-22(26(20)28)30(35)36/h1-14H,(H,33,34)(H,35,36)(H,39,40,41)(H,42,43,44). The Hall–Kier alpha value is -5.74. The van der Waals surface area contributed by atoms with Crippen molar-refractivity contribution in [3.05, 3.63) is 107 Å². The van der Waals surface area contributed by atoms with E-state index in [1.807, 2.05) is 0 Å². The van der Waals surface area contributed by atoms with Crippen LogP contribution in [0.3, 0.4) is 0 Å². The predicted octanol–water partition coefficient (Wildman–Crippen LogP) is 5.19. The first kappa shape index (κ1) is 31.3. The van der Waals surface area contributed by atoms with Gasteiger partial charge in [-0.25, -0.2) is 19.2 Å². The van der Waals surface area contributed by atoms with Crippen molar-refractivity contribution >= 4 is 87.2 Å². The number of aromatic carboxylic acids is 2. The van der Waals surface area contributed by atoms with E-state index in [9.17, 15) is 55.3 Å². The molecule has 0 radical (unpaired) electrons. The number of ether oxygens (including phenoxy) is 1. The molecule has 0 fully saturated rings. The van der Waals surface area contributed by atoms with Crippen LogP contribution in [0.5, 0.6) is 0 Å². The molecule has 236 valence electrons. The molecule has 0 amide bonds. The first-order valence-corrected chi connectivity index (χ1v) is 16.1. The molecule has 6 aromatic carbocycles. The second kappa shape index (κ2) is 11.0. The number of hydrogen-bond donors (Lipinski definition) is 4. The quantitative estimate of drug-likeness (QED) is 0.0773. The van der Waals surface area contributed by atoms with Gasteiger partial charge in [-0.3, -0.25) is 9.11 Å². The maximum atomic E-state index is 13.6. The van der Waals surface area contributed by atoms with Gasteiger partial charge in [-0.15, -0.1) is 0 Å². The van der Waals surface area contributed by atoms with Crippen molar-refractivity contribution in [1.29, 1.82) is 0 Å². The number of carbonyl (C=O) groups is 4. The highest BCUT2D eigenvalue weighted by molar-refractivity contribution is 7.86. The zero-order valence-corrected chi connectivity index (χ0v) is 25.0. The molecule has 6 rings (SSSR count). The molecular formula is C32H18O13S2. The van der Waals surface area contributed by atoms with Crippen molar-refractivity contribution in [3.8, 4) is 0 Å². The fourth-order valence-corrected chi connectivity index (χ4v) is 7.14. The third-order valence-electron chi connectivity index (χ3n) is 7.57. The van der Waals surface area contributed by atoms with Crippen LogP contribution in [-0.4, -0.2) is 60.0 Å². The van der Waals surface area contributed by atoms with E-state index in [0.29, 0.717) is 0 Å². The molecule has 0 aliphatic rings. The number of esters is 2. The number of fused-ring (bicyclic) bond motifs is 6. The average Bonchev–Trinajstić information content (AvgIpc) is 3.01. The van der Waals surface area contributed by atoms with Crippen LogP contribution in [0.15, 0.2) is 94.7 Å². The van der Waals surface area contributed by atoms with Gasteiger partial charge in [0.05, 0.1) is 22.3 Å². The molecule has 0 saturated heterocycles. The van der Waals surface area contributed by atoms with E-state index in [1.165, 1.54) is 36.4 Å². The SMILES string of the molecule is O=C(O)c1cc2ccccc2c2c(S(=O)(=O)O)ccc(C(=O)OC(=O)c3ccc(S(=O)(=O)O)c4c3c(C(=O)O)cc3ccccc34)c12. The van der Waals surface area contributed by atoms with Gasteiger partial charge in [0.25, 0.3) is 20.2 Å². The van der Waals surface area contributed by atoms with Gasteiger partial charge >= 0.3 is 23.9 Å². The van der Waals surface area contributed by atoms with Crippen LogP contribution in [0.2, 0.25) is 0 Å². The van der Waals surface area contributed by atoms with Gasteiger partial charge in [0.1, 0.15) is 9.79 Å². The van der Waals surface area contributed by atoms with E-state index >= 15 is 0 Å². The van der Waals surface area contributed by atoms with Crippen LogP contribution in [0.25, 0.3) is 43.1 Å². The van der Waals surface area contributed by atoms with Gasteiger partial charge in [0.2, 0.25) is 0 Å². The van der Waals surface area contributed by atoms with Crippen molar-refractivity contribution in [1.82, 2.24) is 0 Å². The molecule has 0 atom stereocenters. The molecule has 0 unspecified atom stereocenters. The number of benzene rings is 6. The molecule has 0 aliphatic carbocycles. The zero-order chi connectivity index (χ0) is 34.0. The van der Waals surface area contributed by atoms with Crippen molar-refractivity contribution < 1.29 is 60.1 Å². The number of rotatable bonds is 6. The Kier molecular flexibility index (Phi) is 7.28. The molecule has 0 bridgehead atoms. The highest BCUT2D eigenvalue weighted by Gasteiger charge is 2.30. The average molecular weight is 675 g/mol. The maximum Gasteiger partial charge on any atom is 0.346 e. The van der Waals surface area contributed by atoms with Crippen LogP contribution in [0.1, 0.15) is 41.4 Å². The third kappa shape index (κ3) is 5.22. The van der Waals surface area contributed by atoms with Gasteiger partial charge in [-0.2, -0.15) is 16.8 Å². The Labute approximate surface area is 263 Å². The summed E-state index contributed by atoms with van der Waals surface area (Å²) in [6.45, 7) is 0. The molecular weight excluding hydrogens is 656 g/mol. The van der Waals surface area contributed by atoms with E-state index in [1.54, 1.807) is 12.1 Å². The van der Waals surface area contributed by atoms with E-state index in [0.717, 1.165) is 36.4 Å². The largest absolute Gasteiger partial charge is 0.478 e. The monoisotopic (exact) mass is 674 g/mol. The fourth-order valence-electron chi connectivity index (χ4n) is 5.72. The van der Waals surface area contributed by atoms with E-state index in [4.69, 9.17) is 4.74 Å². The third-order valence-corrected chi connectivity index (χ3v) is 9.37. The lowest BCUT2D eigenvalue weighted by molar-refractivity contribution is 0.0400. The van der Waals surface area contributed by atoms with E-state index in [2.05, 4.69) is 0 Å². The highest BCUT2D eigenvalue weighted by Crippen LogP contribution is 2.38. The molecule has 15 heteroatoms. The second-order valence-electron chi connectivity index (χ2n) is 10.3. The molecule has 47 heavy (non-hydrogen) atoms. The Morgan fingerprint density at radius 2 is 0.851 bits per heavy atom. The molecule has 6 aromatic rings. The van der Waals surface area contributed by atoms with Crippen molar-refractivity contribution in [2.24, 2.45) is 0 Å². The number of hydrogen-bond acceptors (Lipinski definition) is 9. The Balaban J connectivity index is 1.61. The van der Waals surface area contributed by atoms with E-state index < -0.39 is 86.9 Å². The number of carboxylic acid groups (broad SMARTS) is 2. The van der Waals surface area contributed by atoms with Gasteiger partial charge < -0.3 is 14.9 Å². The molecule has 13 nitrogen and oxygen atoms in total. The van der Waals surface area contributed by atoms with Crippen LogP contribution in [-0.2, 0) is 25.0 Å². The van der Waals surface area contributed by atoms with Crippen molar-refractivity contribution in [2.75, 3.05) is 0 Å². The van der Waals surface area contributed by atoms with Gasteiger partial charge in [-0.1, -0.05) is 48.5 Å². The van der Waals surface area contributed by atoms with Gasteiger partial charge in [-0.05, 0) is 57.9 Å². The lowest BCUT2D eigenvalue weighted by atomic mass is 9.93. The van der Waals surface area contributed by atoms with Gasteiger partial charge in [0, 0.05) is 21.5 Å². The number of carbonyl (C=O) groups excluding carboxylic acids is 2. The molecule has 0 aromatic heterocycles. The van der Waals surface area contributed by atoms with E-state index in [-0.39, 0.29) is 32.3 Å². The normalized spacial score (nSPS) is 12.0. The van der Waals surface area contributed by atoms with Crippen molar-refractivity contribution in [2.45, 2.75) is 9.79 Å². The maximum absolute atomic E-state index is 13.6. The fraction of sp³-hybridized carbons (Fsp3) is 0. The molecule has 0 heterocycles. The van der Waals surface area contributed by atoms with Gasteiger partial charge in [0.15, 0.2) is 0 Å². The Morgan fingerprint density at radius 1 is 0.489 bits per heavy atom. The number of carboxylic acids is 2. The van der Waals surface area contributed by atoms with Crippen LogP contribution in [0, 0.1) is 0 Å². The summed E-state index contributed by atoms with van der Waals surface area (Å²) in [6, 6.07) is 17.6. The minimum absolute atomic E-state index is 0.144.